The van der Waals surface area contributed by atoms with Crippen LogP contribution >= 0.6 is 22.7 Å². The first-order valence-corrected chi connectivity index (χ1v) is 12.8. The molecule has 1 aliphatic heterocycles. The van der Waals surface area contributed by atoms with Gasteiger partial charge in [0.15, 0.2) is 5.82 Å². The second-order valence-electron chi connectivity index (χ2n) is 9.24. The highest BCUT2D eigenvalue weighted by atomic mass is 32.1. The lowest BCUT2D eigenvalue weighted by atomic mass is 10.00. The minimum absolute atomic E-state index is 0.127. The number of ether oxygens (including phenoxy) is 1. The molecule has 1 N–H and O–H groups in total. The molecule has 0 saturated heterocycles. The van der Waals surface area contributed by atoms with E-state index in [0.29, 0.717) is 17.7 Å². The first-order chi connectivity index (χ1) is 16.2. The van der Waals surface area contributed by atoms with Gasteiger partial charge in [0.1, 0.15) is 15.9 Å². The summed E-state index contributed by atoms with van der Waals surface area (Å²) >= 11 is 2.98. The molecule has 1 atom stereocenters. The van der Waals surface area contributed by atoms with Crippen LogP contribution in [0.3, 0.4) is 0 Å². The summed E-state index contributed by atoms with van der Waals surface area (Å²) in [6.45, 7) is 8.25. The van der Waals surface area contributed by atoms with Gasteiger partial charge in [0.25, 0.3) is 0 Å². The maximum absolute atomic E-state index is 15.0. The maximum Gasteiger partial charge on any atom is 0.410 e. The number of nitrogens with zero attached hydrogens (tertiary/aromatic N) is 3. The Morgan fingerprint density at radius 1 is 1.24 bits per heavy atom. The summed E-state index contributed by atoms with van der Waals surface area (Å²) in [6.07, 6.45) is 4.35. The average Bonchev–Trinajstić information content (AvgIpc) is 3.42. The molecule has 5 rings (SSSR count). The summed E-state index contributed by atoms with van der Waals surface area (Å²) in [6, 6.07) is 7.39. The van der Waals surface area contributed by atoms with Crippen LogP contribution in [0.4, 0.5) is 20.6 Å². The van der Waals surface area contributed by atoms with Crippen LogP contribution in [0.15, 0.2) is 42.0 Å². The van der Waals surface area contributed by atoms with Crippen molar-refractivity contribution in [2.75, 3.05) is 11.9 Å². The molecule has 4 heterocycles. The lowest BCUT2D eigenvalue weighted by Crippen LogP contribution is -2.44. The molecule has 1 aliphatic rings. The number of carbonyl (C=O) groups is 1. The second kappa shape index (κ2) is 8.63. The summed E-state index contributed by atoms with van der Waals surface area (Å²) in [5.74, 6) is -0.365. The van der Waals surface area contributed by atoms with E-state index in [2.05, 4.69) is 27.4 Å². The largest absolute Gasteiger partial charge is 0.444 e. The van der Waals surface area contributed by atoms with Crippen molar-refractivity contribution in [3.8, 4) is 0 Å². The average molecular weight is 497 g/mol. The Bertz CT molecular complexity index is 1420. The number of thiazole rings is 1. The number of rotatable bonds is 3. The maximum atomic E-state index is 15.0. The lowest BCUT2D eigenvalue weighted by molar-refractivity contribution is 0.0214. The number of amides is 1. The summed E-state index contributed by atoms with van der Waals surface area (Å²) in [7, 11) is 0. The molecule has 176 valence electrons. The van der Waals surface area contributed by atoms with Crippen LogP contribution in [0.25, 0.3) is 26.0 Å². The van der Waals surface area contributed by atoms with Crippen LogP contribution in [0, 0.1) is 5.82 Å². The van der Waals surface area contributed by atoms with Gasteiger partial charge in [-0.1, -0.05) is 6.08 Å². The lowest BCUT2D eigenvalue weighted by Gasteiger charge is -2.35. The van der Waals surface area contributed by atoms with E-state index in [9.17, 15) is 9.18 Å². The van der Waals surface area contributed by atoms with E-state index in [0.717, 1.165) is 37.5 Å². The van der Waals surface area contributed by atoms with E-state index in [1.54, 1.807) is 34.0 Å². The molecule has 9 heteroatoms. The highest BCUT2D eigenvalue weighted by molar-refractivity contribution is 7.19. The van der Waals surface area contributed by atoms with Crippen molar-refractivity contribution in [2.45, 2.75) is 45.8 Å². The van der Waals surface area contributed by atoms with Gasteiger partial charge in [-0.25, -0.2) is 19.2 Å². The smallest absolute Gasteiger partial charge is 0.410 e. The van der Waals surface area contributed by atoms with Crippen LogP contribution in [0.2, 0.25) is 0 Å². The number of benzene rings is 1. The third-order valence-electron chi connectivity index (χ3n) is 5.71. The highest BCUT2D eigenvalue weighted by Crippen LogP contribution is 2.39. The molecular formula is C25H25FN4O2S2. The summed E-state index contributed by atoms with van der Waals surface area (Å²) < 4.78 is 21.4. The number of nitrogens with one attached hydrogen (secondary N) is 1. The van der Waals surface area contributed by atoms with E-state index >= 15 is 0 Å². The predicted molar refractivity (Wildman–Crippen MR) is 137 cm³/mol. The molecule has 1 aromatic carbocycles. The Balaban J connectivity index is 1.45. The van der Waals surface area contributed by atoms with Crippen LogP contribution in [-0.2, 0) is 4.74 Å². The third kappa shape index (κ3) is 4.25. The van der Waals surface area contributed by atoms with Gasteiger partial charge in [-0.2, -0.15) is 0 Å². The zero-order valence-corrected chi connectivity index (χ0v) is 21.0. The van der Waals surface area contributed by atoms with Crippen LogP contribution in [-0.4, -0.2) is 39.1 Å². The third-order valence-corrected chi connectivity index (χ3v) is 7.60. The zero-order valence-electron chi connectivity index (χ0n) is 19.4. The number of aromatic nitrogens is 2. The molecule has 0 bridgehead atoms. The molecule has 4 aromatic rings. The molecule has 0 fully saturated rings. The van der Waals surface area contributed by atoms with Crippen molar-refractivity contribution in [1.29, 1.82) is 0 Å². The van der Waals surface area contributed by atoms with Crippen molar-refractivity contribution in [3.63, 3.8) is 0 Å². The molecule has 3 aromatic heterocycles. The number of fused-ring (bicyclic) bond motifs is 2. The monoisotopic (exact) mass is 496 g/mol. The van der Waals surface area contributed by atoms with Gasteiger partial charge in [0, 0.05) is 23.0 Å². The van der Waals surface area contributed by atoms with E-state index in [1.165, 1.54) is 11.3 Å². The van der Waals surface area contributed by atoms with E-state index in [4.69, 9.17) is 4.74 Å². The topological polar surface area (TPSA) is 67.4 Å². The van der Waals surface area contributed by atoms with Gasteiger partial charge in [0.05, 0.1) is 27.6 Å². The fraction of sp³-hybridized carbons (Fsp3) is 0.320. The molecule has 1 amide bonds. The highest BCUT2D eigenvalue weighted by Gasteiger charge is 2.31. The van der Waals surface area contributed by atoms with Crippen molar-refractivity contribution in [1.82, 2.24) is 14.9 Å². The van der Waals surface area contributed by atoms with E-state index in [1.807, 2.05) is 39.8 Å². The van der Waals surface area contributed by atoms with Gasteiger partial charge in [-0.05, 0) is 64.0 Å². The van der Waals surface area contributed by atoms with Crippen molar-refractivity contribution in [2.24, 2.45) is 0 Å². The Kier molecular flexibility index (Phi) is 5.77. The van der Waals surface area contributed by atoms with Crippen molar-refractivity contribution < 1.29 is 13.9 Å². The van der Waals surface area contributed by atoms with Crippen molar-refractivity contribution >= 4 is 66.1 Å². The zero-order chi connectivity index (χ0) is 24.0. The normalized spacial score (nSPS) is 16.7. The van der Waals surface area contributed by atoms with Gasteiger partial charge >= 0.3 is 6.09 Å². The fourth-order valence-corrected chi connectivity index (χ4v) is 5.92. The molecule has 0 radical (unpaired) electrons. The SMILES string of the molecule is CC1C(c2cc3c(Nc4ccc5scnc5c4F)ccnc3s2)=CCCN1C(=O)OC(C)(C)C. The summed E-state index contributed by atoms with van der Waals surface area (Å²) in [4.78, 5) is 25.1. The molecule has 0 spiro atoms. The first-order valence-electron chi connectivity index (χ1n) is 11.1. The molecule has 1 unspecified atom stereocenters. The molecule has 34 heavy (non-hydrogen) atoms. The number of hydrogen-bond acceptors (Lipinski definition) is 7. The molecule has 6 nitrogen and oxygen atoms in total. The van der Waals surface area contributed by atoms with Crippen LogP contribution in [0.1, 0.15) is 39.0 Å². The summed E-state index contributed by atoms with van der Waals surface area (Å²) in [5, 5.41) is 4.14. The minimum atomic E-state index is -0.545. The van der Waals surface area contributed by atoms with Gasteiger partial charge < -0.3 is 15.0 Å². The van der Waals surface area contributed by atoms with Crippen LogP contribution < -0.4 is 5.32 Å². The Morgan fingerprint density at radius 2 is 2.06 bits per heavy atom. The number of pyridine rings is 1. The fourth-order valence-electron chi connectivity index (χ4n) is 4.10. The number of thiophene rings is 1. The van der Waals surface area contributed by atoms with Gasteiger partial charge in [-0.15, -0.1) is 22.7 Å². The van der Waals surface area contributed by atoms with Crippen LogP contribution in [0.5, 0.6) is 0 Å². The predicted octanol–water partition coefficient (Wildman–Crippen LogP) is 7.20. The van der Waals surface area contributed by atoms with E-state index < -0.39 is 5.60 Å². The molecule has 0 saturated carbocycles. The van der Waals surface area contributed by atoms with E-state index in [-0.39, 0.29) is 18.0 Å². The Morgan fingerprint density at radius 3 is 2.85 bits per heavy atom. The van der Waals surface area contributed by atoms with Gasteiger partial charge in [-0.3, -0.25) is 0 Å². The standard InChI is InChI=1S/C25H25FN4O2S2/c1-14-15(6-5-11-30(14)24(31)32-25(2,3)4)20-12-16-17(9-10-27-23(16)34-20)29-18-7-8-19-22(21(18)26)28-13-33-19/h6-10,12-14H,5,11H2,1-4H3,(H,27,29). The second-order valence-corrected chi connectivity index (χ2v) is 11.2. The number of carbonyl (C=O) groups excluding carboxylic acids is 1. The van der Waals surface area contributed by atoms with Crippen molar-refractivity contribution in [3.05, 3.63) is 52.7 Å². The molecular weight excluding hydrogens is 471 g/mol. The number of anilines is 2. The summed E-state index contributed by atoms with van der Waals surface area (Å²) in [5.41, 5.74) is 3.69. The number of hydrogen-bond donors (Lipinski definition) is 1. The quantitative estimate of drug-likeness (QED) is 0.325. The number of halogens is 1. The Hall–Kier alpha value is -3.04. The van der Waals surface area contributed by atoms with Gasteiger partial charge in [0.2, 0.25) is 0 Å². The first kappa shape index (κ1) is 22.7. The molecule has 0 aliphatic carbocycles. The minimum Gasteiger partial charge on any atom is -0.444 e. The Labute approximate surface area is 205 Å².